The lowest BCUT2D eigenvalue weighted by Gasteiger charge is -2.36. The zero-order valence-electron chi connectivity index (χ0n) is 18.4. The molecule has 1 aromatic carbocycles. The molecular weight excluding hydrogens is 394 g/mol. The third kappa shape index (κ3) is 4.10. The zero-order chi connectivity index (χ0) is 22.0. The number of pyridine rings is 1. The molecule has 0 radical (unpaired) electrons. The number of ether oxygens (including phenoxy) is 2. The van der Waals surface area contributed by atoms with E-state index >= 15 is 0 Å². The van der Waals surface area contributed by atoms with Gasteiger partial charge in [0.05, 0.1) is 13.7 Å². The first kappa shape index (κ1) is 20.8. The maximum atomic E-state index is 12.4. The number of esters is 1. The number of para-hydroxylation sites is 1. The molecule has 31 heavy (non-hydrogen) atoms. The predicted molar refractivity (Wildman–Crippen MR) is 120 cm³/mol. The Hall–Kier alpha value is -3.42. The zero-order valence-corrected chi connectivity index (χ0v) is 18.4. The summed E-state index contributed by atoms with van der Waals surface area (Å²) in [4.78, 5) is 30.4. The van der Waals surface area contributed by atoms with E-state index in [-0.39, 0.29) is 5.97 Å². The van der Waals surface area contributed by atoms with Crippen molar-refractivity contribution >= 4 is 28.5 Å². The van der Waals surface area contributed by atoms with Crippen molar-refractivity contribution in [2.45, 2.75) is 20.8 Å². The van der Waals surface area contributed by atoms with Crippen LogP contribution >= 0.6 is 0 Å². The Morgan fingerprint density at radius 1 is 1.10 bits per heavy atom. The van der Waals surface area contributed by atoms with Gasteiger partial charge < -0.3 is 19.3 Å². The molecule has 8 nitrogen and oxygen atoms in total. The number of aromatic nitrogens is 3. The number of hydrogen-bond donors (Lipinski definition) is 0. The van der Waals surface area contributed by atoms with Gasteiger partial charge in [0.2, 0.25) is 0 Å². The first-order chi connectivity index (χ1) is 15.0. The quantitative estimate of drug-likeness (QED) is 0.581. The normalized spacial score (nSPS) is 14.1. The molecule has 1 aliphatic rings. The number of piperazine rings is 1. The number of rotatable bonds is 5. The van der Waals surface area contributed by atoms with Gasteiger partial charge in [-0.2, -0.15) is 0 Å². The van der Waals surface area contributed by atoms with E-state index in [1.807, 2.05) is 19.1 Å². The van der Waals surface area contributed by atoms with Crippen molar-refractivity contribution in [2.24, 2.45) is 0 Å². The number of fused-ring (bicyclic) bond motifs is 1. The van der Waals surface area contributed by atoms with E-state index in [0.29, 0.717) is 36.9 Å². The van der Waals surface area contributed by atoms with Crippen LogP contribution in [0.2, 0.25) is 0 Å². The smallest absolute Gasteiger partial charge is 0.343 e. The highest BCUT2D eigenvalue weighted by Crippen LogP contribution is 2.30. The van der Waals surface area contributed by atoms with Crippen molar-refractivity contribution in [3.05, 3.63) is 47.4 Å². The molecule has 0 N–H and O–H groups in total. The highest BCUT2D eigenvalue weighted by Gasteiger charge is 2.25. The maximum absolute atomic E-state index is 12.4. The van der Waals surface area contributed by atoms with Crippen LogP contribution in [0, 0.1) is 13.8 Å². The Kier molecular flexibility index (Phi) is 5.88. The molecule has 3 heterocycles. The van der Waals surface area contributed by atoms with E-state index in [1.54, 1.807) is 20.2 Å². The lowest BCUT2D eigenvalue weighted by Crippen LogP contribution is -2.47. The van der Waals surface area contributed by atoms with E-state index in [2.05, 4.69) is 38.8 Å². The van der Waals surface area contributed by atoms with Crippen LogP contribution in [0.4, 0.5) is 11.6 Å². The molecule has 8 heteroatoms. The first-order valence-electron chi connectivity index (χ1n) is 10.5. The van der Waals surface area contributed by atoms with Gasteiger partial charge in [0.15, 0.2) is 0 Å². The van der Waals surface area contributed by atoms with Gasteiger partial charge in [-0.1, -0.05) is 12.1 Å². The van der Waals surface area contributed by atoms with Crippen LogP contribution < -0.4 is 14.5 Å². The van der Waals surface area contributed by atoms with Gasteiger partial charge in [0.1, 0.15) is 34.3 Å². The van der Waals surface area contributed by atoms with Crippen molar-refractivity contribution in [3.8, 4) is 5.75 Å². The van der Waals surface area contributed by atoms with Crippen LogP contribution in [0.3, 0.4) is 0 Å². The topological polar surface area (TPSA) is 80.7 Å². The second-order valence-electron chi connectivity index (χ2n) is 7.50. The molecule has 1 saturated heterocycles. The number of aryl methyl sites for hydroxylation is 2. The third-order valence-electron chi connectivity index (χ3n) is 5.50. The molecule has 4 rings (SSSR count). The molecule has 0 saturated carbocycles. The molecule has 3 aromatic rings. The molecule has 2 aromatic heterocycles. The van der Waals surface area contributed by atoms with E-state index in [4.69, 9.17) is 14.5 Å². The monoisotopic (exact) mass is 421 g/mol. The maximum Gasteiger partial charge on any atom is 0.343 e. The minimum absolute atomic E-state index is 0.316. The van der Waals surface area contributed by atoms with Crippen molar-refractivity contribution in [1.29, 1.82) is 0 Å². The average molecular weight is 422 g/mol. The summed E-state index contributed by atoms with van der Waals surface area (Å²) in [6.07, 6.45) is 1.56. The van der Waals surface area contributed by atoms with Gasteiger partial charge in [-0.25, -0.2) is 19.7 Å². The average Bonchev–Trinajstić information content (AvgIpc) is 2.79. The third-order valence-corrected chi connectivity index (χ3v) is 5.50. The van der Waals surface area contributed by atoms with Gasteiger partial charge in [-0.3, -0.25) is 0 Å². The number of carbonyl (C=O) groups excluding carboxylic acids is 1. The van der Waals surface area contributed by atoms with Crippen LogP contribution in [-0.4, -0.2) is 60.8 Å². The van der Waals surface area contributed by atoms with Crippen molar-refractivity contribution < 1.29 is 14.3 Å². The Bertz CT molecular complexity index is 1110. The summed E-state index contributed by atoms with van der Waals surface area (Å²) in [6, 6.07) is 8.11. The summed E-state index contributed by atoms with van der Waals surface area (Å²) in [7, 11) is 1.67. The molecular formula is C23H27N5O3. The van der Waals surface area contributed by atoms with Crippen molar-refractivity contribution in [1.82, 2.24) is 15.0 Å². The minimum Gasteiger partial charge on any atom is -0.494 e. The Labute approximate surface area is 181 Å². The largest absolute Gasteiger partial charge is 0.494 e. The molecule has 1 fully saturated rings. The summed E-state index contributed by atoms with van der Waals surface area (Å²) in [5.74, 6) is 2.58. The summed E-state index contributed by atoms with van der Waals surface area (Å²) in [5, 5.41) is 1.09. The molecule has 0 spiro atoms. The summed E-state index contributed by atoms with van der Waals surface area (Å²) >= 11 is 0. The highest BCUT2D eigenvalue weighted by molar-refractivity contribution is 5.94. The minimum atomic E-state index is -0.390. The predicted octanol–water partition coefficient (Wildman–Crippen LogP) is 3.15. The second kappa shape index (κ2) is 8.75. The number of benzene rings is 1. The first-order valence-corrected chi connectivity index (χ1v) is 10.5. The summed E-state index contributed by atoms with van der Waals surface area (Å²) in [6.45, 7) is 8.98. The number of hydrogen-bond acceptors (Lipinski definition) is 8. The number of methoxy groups -OCH3 is 1. The van der Waals surface area contributed by atoms with Gasteiger partial charge in [-0.05, 0) is 38.5 Å². The second-order valence-corrected chi connectivity index (χ2v) is 7.50. The number of anilines is 2. The molecule has 0 atom stereocenters. The van der Waals surface area contributed by atoms with Crippen LogP contribution in [0.15, 0.2) is 30.5 Å². The SMILES string of the molecule is CCOC(=O)c1cnc(C)nc1N1CCN(c2cc(C)c3cccc(OC)c3n2)CC1. The van der Waals surface area contributed by atoms with Crippen molar-refractivity contribution in [2.75, 3.05) is 49.7 Å². The van der Waals surface area contributed by atoms with Gasteiger partial charge in [0.25, 0.3) is 0 Å². The lowest BCUT2D eigenvalue weighted by molar-refractivity contribution is 0.0526. The van der Waals surface area contributed by atoms with Crippen LogP contribution in [-0.2, 0) is 4.74 Å². The molecule has 162 valence electrons. The Balaban J connectivity index is 1.57. The fourth-order valence-electron chi connectivity index (χ4n) is 3.90. The van der Waals surface area contributed by atoms with E-state index in [9.17, 15) is 4.79 Å². The van der Waals surface area contributed by atoms with Gasteiger partial charge in [0, 0.05) is 37.8 Å². The molecule has 0 aliphatic carbocycles. The lowest BCUT2D eigenvalue weighted by atomic mass is 10.1. The number of nitrogens with zero attached hydrogens (tertiary/aromatic N) is 5. The van der Waals surface area contributed by atoms with Gasteiger partial charge in [-0.15, -0.1) is 0 Å². The Morgan fingerprint density at radius 3 is 2.55 bits per heavy atom. The molecule has 0 bridgehead atoms. The van der Waals surface area contributed by atoms with Crippen LogP contribution in [0.5, 0.6) is 5.75 Å². The fourth-order valence-corrected chi connectivity index (χ4v) is 3.90. The Morgan fingerprint density at radius 2 is 1.84 bits per heavy atom. The van der Waals surface area contributed by atoms with E-state index in [0.717, 1.165) is 41.1 Å². The highest BCUT2D eigenvalue weighted by atomic mass is 16.5. The van der Waals surface area contributed by atoms with Crippen LogP contribution in [0.25, 0.3) is 10.9 Å². The van der Waals surface area contributed by atoms with Gasteiger partial charge >= 0.3 is 5.97 Å². The van der Waals surface area contributed by atoms with Crippen LogP contribution in [0.1, 0.15) is 28.7 Å². The fraction of sp³-hybridized carbons (Fsp3) is 0.391. The molecule has 0 unspecified atom stereocenters. The number of carbonyl (C=O) groups is 1. The summed E-state index contributed by atoms with van der Waals surface area (Å²) in [5.41, 5.74) is 2.45. The van der Waals surface area contributed by atoms with E-state index in [1.165, 1.54) is 0 Å². The summed E-state index contributed by atoms with van der Waals surface area (Å²) < 4.78 is 10.7. The van der Waals surface area contributed by atoms with Crippen molar-refractivity contribution in [3.63, 3.8) is 0 Å². The van der Waals surface area contributed by atoms with E-state index < -0.39 is 0 Å². The molecule has 1 aliphatic heterocycles. The standard InChI is InChI=1S/C23H27N5O3/c1-5-31-23(29)18-14-24-16(3)25-22(18)28-11-9-27(10-12-28)20-13-15(2)17-7-6-8-19(30-4)21(17)26-20/h6-8,13-14H,5,9-12H2,1-4H3. The molecule has 0 amide bonds.